The smallest absolute Gasteiger partial charge is 0.323 e. The van der Waals surface area contributed by atoms with E-state index in [1.54, 1.807) is 6.92 Å². The van der Waals surface area contributed by atoms with Gasteiger partial charge in [-0.25, -0.2) is 0 Å². The summed E-state index contributed by atoms with van der Waals surface area (Å²) in [6.45, 7) is 2.09. The average Bonchev–Trinajstić information content (AvgIpc) is 2.62. The summed E-state index contributed by atoms with van der Waals surface area (Å²) in [5, 5.41) is 6.09. The molecule has 1 amide bonds. The molecule has 0 radical (unpaired) electrons. The molecule has 0 bridgehead atoms. The number of amides is 1. The highest BCUT2D eigenvalue weighted by Gasteiger charge is 2.31. The van der Waals surface area contributed by atoms with Crippen molar-refractivity contribution in [3.05, 3.63) is 65.7 Å². The van der Waals surface area contributed by atoms with Crippen LogP contribution in [0.4, 0.5) is 5.69 Å². The summed E-state index contributed by atoms with van der Waals surface area (Å²) in [6.07, 6.45) is 1.03. The lowest BCUT2D eigenvalue weighted by molar-refractivity contribution is -0.146. The quantitative estimate of drug-likeness (QED) is 0.793. The molecule has 130 valence electrons. The Morgan fingerprint density at radius 2 is 1.92 bits per heavy atom. The number of hydrogen-bond donors (Lipinski definition) is 2. The van der Waals surface area contributed by atoms with Crippen LogP contribution >= 0.6 is 0 Å². The first kappa shape index (κ1) is 17.2. The Balaban J connectivity index is 1.75. The number of ether oxygens (including phenoxy) is 1. The number of anilines is 1. The minimum atomic E-state index is -0.566. The van der Waals surface area contributed by atoms with Crippen LogP contribution in [0.15, 0.2) is 54.6 Å². The topological polar surface area (TPSA) is 67.4 Å². The van der Waals surface area contributed by atoms with Crippen LogP contribution in [0, 0.1) is 0 Å². The van der Waals surface area contributed by atoms with Crippen LogP contribution in [-0.2, 0) is 27.2 Å². The lowest BCUT2D eigenvalue weighted by Gasteiger charge is -2.28. The maximum absolute atomic E-state index is 12.4. The van der Waals surface area contributed by atoms with Crippen molar-refractivity contribution in [3.8, 4) is 0 Å². The Hall–Kier alpha value is -2.66. The van der Waals surface area contributed by atoms with Gasteiger partial charge in [-0.15, -0.1) is 0 Å². The number of carbonyl (C=O) groups is 2. The van der Waals surface area contributed by atoms with E-state index in [2.05, 4.69) is 10.6 Å². The third kappa shape index (κ3) is 4.25. The molecule has 25 heavy (non-hydrogen) atoms. The summed E-state index contributed by atoms with van der Waals surface area (Å²) in [6, 6.07) is 16.4. The van der Waals surface area contributed by atoms with Gasteiger partial charge in [-0.1, -0.05) is 48.5 Å². The van der Waals surface area contributed by atoms with Gasteiger partial charge in [-0.2, -0.15) is 0 Å². The van der Waals surface area contributed by atoms with Gasteiger partial charge >= 0.3 is 5.97 Å². The lowest BCUT2D eigenvalue weighted by Crippen LogP contribution is -2.53. The van der Waals surface area contributed by atoms with Gasteiger partial charge in [-0.3, -0.25) is 14.9 Å². The van der Waals surface area contributed by atoms with Crippen molar-refractivity contribution in [2.24, 2.45) is 0 Å². The highest BCUT2D eigenvalue weighted by molar-refractivity contribution is 5.98. The number of carbonyl (C=O) groups excluding carboxylic acids is 2. The third-order valence-electron chi connectivity index (χ3n) is 4.27. The summed E-state index contributed by atoms with van der Waals surface area (Å²) < 4.78 is 5.19. The first-order chi connectivity index (χ1) is 12.2. The molecule has 0 spiro atoms. The summed E-state index contributed by atoms with van der Waals surface area (Å²) in [5.74, 6) is -0.459. The van der Waals surface area contributed by atoms with Crippen molar-refractivity contribution in [3.63, 3.8) is 0 Å². The Morgan fingerprint density at radius 1 is 1.20 bits per heavy atom. The van der Waals surface area contributed by atoms with Gasteiger partial charge in [0.25, 0.3) is 0 Å². The highest BCUT2D eigenvalue weighted by atomic mass is 16.5. The number of hydrogen-bond acceptors (Lipinski definition) is 4. The molecule has 0 unspecified atom stereocenters. The molecule has 0 saturated heterocycles. The Bertz CT molecular complexity index is 746. The number of esters is 1. The zero-order valence-electron chi connectivity index (χ0n) is 14.2. The monoisotopic (exact) mass is 338 g/mol. The molecule has 0 aromatic heterocycles. The van der Waals surface area contributed by atoms with E-state index in [0.717, 1.165) is 16.8 Å². The fourth-order valence-electron chi connectivity index (χ4n) is 3.03. The van der Waals surface area contributed by atoms with Crippen LogP contribution in [0.3, 0.4) is 0 Å². The lowest BCUT2D eigenvalue weighted by atomic mass is 9.97. The van der Waals surface area contributed by atoms with Gasteiger partial charge in [0.15, 0.2) is 0 Å². The van der Waals surface area contributed by atoms with Crippen LogP contribution in [-0.4, -0.2) is 30.6 Å². The van der Waals surface area contributed by atoms with Crippen LogP contribution in [0.2, 0.25) is 0 Å². The number of benzene rings is 2. The van der Waals surface area contributed by atoms with E-state index < -0.39 is 12.1 Å². The van der Waals surface area contributed by atoms with Crippen LogP contribution < -0.4 is 10.6 Å². The predicted octanol–water partition coefficient (Wildman–Crippen LogP) is 2.31. The molecule has 5 heteroatoms. The maximum atomic E-state index is 12.4. The second-order valence-electron chi connectivity index (χ2n) is 6.06. The van der Waals surface area contributed by atoms with E-state index in [4.69, 9.17) is 4.74 Å². The summed E-state index contributed by atoms with van der Waals surface area (Å²) >= 11 is 0. The molecule has 2 aromatic carbocycles. The van der Waals surface area contributed by atoms with E-state index in [1.165, 1.54) is 0 Å². The van der Waals surface area contributed by atoms with E-state index in [1.807, 2.05) is 54.6 Å². The molecule has 2 aromatic rings. The van der Waals surface area contributed by atoms with Gasteiger partial charge < -0.3 is 10.1 Å². The van der Waals surface area contributed by atoms with E-state index in [9.17, 15) is 9.59 Å². The van der Waals surface area contributed by atoms with E-state index in [0.29, 0.717) is 19.4 Å². The predicted molar refractivity (Wildman–Crippen MR) is 96.3 cm³/mol. The van der Waals surface area contributed by atoms with Crippen molar-refractivity contribution in [2.45, 2.75) is 31.8 Å². The average molecular weight is 338 g/mol. The Kier molecular flexibility index (Phi) is 5.46. The summed E-state index contributed by atoms with van der Waals surface area (Å²) in [7, 11) is 0. The third-order valence-corrected chi connectivity index (χ3v) is 4.27. The normalized spacial score (nSPS) is 17.3. The van der Waals surface area contributed by atoms with Gasteiger partial charge in [-0.05, 0) is 37.0 Å². The van der Waals surface area contributed by atoms with Gasteiger partial charge in [0.2, 0.25) is 5.91 Å². The standard InChI is InChI=1S/C20H22N2O3/c1-2-25-20(24)18(12-14-8-4-3-5-9-14)21-17-13-15-10-6-7-11-16(15)22-19(17)23/h3-11,17-18,21H,2,12-13H2,1H3,(H,22,23)/t17-,18-/m1/s1. The molecule has 2 N–H and O–H groups in total. The fourth-order valence-corrected chi connectivity index (χ4v) is 3.03. The van der Waals surface area contributed by atoms with Crippen LogP contribution in [0.5, 0.6) is 0 Å². The summed E-state index contributed by atoms with van der Waals surface area (Å²) in [5.41, 5.74) is 2.91. The molecule has 1 aliphatic rings. The van der Waals surface area contributed by atoms with Crippen LogP contribution in [0.1, 0.15) is 18.1 Å². The number of rotatable bonds is 6. The molecule has 1 heterocycles. The second-order valence-corrected chi connectivity index (χ2v) is 6.06. The number of para-hydroxylation sites is 1. The zero-order valence-corrected chi connectivity index (χ0v) is 14.2. The van der Waals surface area contributed by atoms with Crippen molar-refractivity contribution < 1.29 is 14.3 Å². The first-order valence-corrected chi connectivity index (χ1v) is 8.52. The van der Waals surface area contributed by atoms with Crippen molar-refractivity contribution in [1.29, 1.82) is 0 Å². The van der Waals surface area contributed by atoms with E-state index in [-0.39, 0.29) is 11.9 Å². The number of fused-ring (bicyclic) bond motifs is 1. The Labute approximate surface area is 147 Å². The van der Waals surface area contributed by atoms with Gasteiger partial charge in [0, 0.05) is 5.69 Å². The highest BCUT2D eigenvalue weighted by Crippen LogP contribution is 2.22. The number of nitrogens with one attached hydrogen (secondary N) is 2. The molecule has 0 fully saturated rings. The van der Waals surface area contributed by atoms with Crippen molar-refractivity contribution in [1.82, 2.24) is 5.32 Å². The SMILES string of the molecule is CCOC(=O)[C@@H](Cc1ccccc1)N[C@@H]1Cc2ccccc2NC1=O. The molecule has 1 aliphatic heterocycles. The molecular formula is C20H22N2O3. The molecule has 0 saturated carbocycles. The van der Waals surface area contributed by atoms with E-state index >= 15 is 0 Å². The minimum absolute atomic E-state index is 0.124. The minimum Gasteiger partial charge on any atom is -0.465 e. The fraction of sp³-hybridized carbons (Fsp3) is 0.300. The maximum Gasteiger partial charge on any atom is 0.323 e. The second kappa shape index (κ2) is 7.94. The molecular weight excluding hydrogens is 316 g/mol. The van der Waals surface area contributed by atoms with Gasteiger partial charge in [0.05, 0.1) is 12.6 Å². The summed E-state index contributed by atoms with van der Waals surface area (Å²) in [4.78, 5) is 24.8. The van der Waals surface area contributed by atoms with Crippen molar-refractivity contribution >= 4 is 17.6 Å². The van der Waals surface area contributed by atoms with Crippen molar-refractivity contribution in [2.75, 3.05) is 11.9 Å². The van der Waals surface area contributed by atoms with Gasteiger partial charge in [0.1, 0.15) is 6.04 Å². The molecule has 0 aliphatic carbocycles. The molecule has 3 rings (SSSR count). The first-order valence-electron chi connectivity index (χ1n) is 8.52. The Morgan fingerprint density at radius 3 is 2.68 bits per heavy atom. The van der Waals surface area contributed by atoms with Crippen LogP contribution in [0.25, 0.3) is 0 Å². The largest absolute Gasteiger partial charge is 0.465 e. The molecule has 2 atom stereocenters. The molecule has 5 nitrogen and oxygen atoms in total. The zero-order chi connectivity index (χ0) is 17.6.